The molecule has 3 rings (SSSR count). The first-order chi connectivity index (χ1) is 19.2. The molecule has 11 nitrogen and oxygen atoms in total. The number of alkyl halides is 3. The number of carbonyl (C=O) groups excluding carboxylic acids is 1. The predicted octanol–water partition coefficient (Wildman–Crippen LogP) is 3.65. The molecule has 0 atom stereocenters. The average Bonchev–Trinajstić information content (AvgIpc) is 2.92. The molecule has 2 aromatic carbocycles. The summed E-state index contributed by atoms with van der Waals surface area (Å²) in [6.07, 6.45) is -3.44. The maximum Gasteiger partial charge on any atom is 0.573 e. The van der Waals surface area contributed by atoms with Crippen LogP contribution in [0.3, 0.4) is 0 Å². The van der Waals surface area contributed by atoms with E-state index in [1.54, 1.807) is 30.3 Å². The number of rotatable bonds is 16. The summed E-state index contributed by atoms with van der Waals surface area (Å²) in [6.45, 7) is 1.21. The van der Waals surface area contributed by atoms with Gasteiger partial charge in [0.15, 0.2) is 0 Å². The van der Waals surface area contributed by atoms with E-state index in [1.165, 1.54) is 30.6 Å². The highest BCUT2D eigenvalue weighted by atomic mass is 19.4. The minimum Gasteiger partial charge on any atom is -0.480 e. The van der Waals surface area contributed by atoms with Crippen LogP contribution in [0.4, 0.5) is 24.7 Å². The number of carboxylic acids is 1. The maximum atomic E-state index is 12.6. The van der Waals surface area contributed by atoms with Crippen LogP contribution >= 0.6 is 0 Å². The van der Waals surface area contributed by atoms with Gasteiger partial charge in [-0.2, -0.15) is 0 Å². The van der Waals surface area contributed by atoms with Crippen molar-refractivity contribution in [2.24, 2.45) is 0 Å². The summed E-state index contributed by atoms with van der Waals surface area (Å²) in [5, 5.41) is 14.2. The van der Waals surface area contributed by atoms with Gasteiger partial charge in [0.2, 0.25) is 0 Å². The Labute approximate surface area is 227 Å². The molecule has 0 radical (unpaired) electrons. The molecule has 1 aromatic heterocycles. The molecule has 214 valence electrons. The molecule has 0 fully saturated rings. The first kappa shape index (κ1) is 30.3. The van der Waals surface area contributed by atoms with Gasteiger partial charge in [-0.3, -0.25) is 4.79 Å². The average molecular weight is 565 g/mol. The van der Waals surface area contributed by atoms with Crippen LogP contribution in [0.15, 0.2) is 60.9 Å². The summed E-state index contributed by atoms with van der Waals surface area (Å²) in [4.78, 5) is 31.3. The molecule has 0 aliphatic rings. The number of aliphatic carboxylic acids is 1. The molecular formula is C26H27F3N4O7. The first-order valence-corrected chi connectivity index (χ1v) is 12.0. The maximum absolute atomic E-state index is 12.6. The van der Waals surface area contributed by atoms with Crippen molar-refractivity contribution in [3.8, 4) is 17.0 Å². The molecule has 0 saturated heterocycles. The zero-order valence-electron chi connectivity index (χ0n) is 21.1. The summed E-state index contributed by atoms with van der Waals surface area (Å²) in [5.74, 6) is -1.28. The number of ether oxygens (including phenoxy) is 4. The Hall–Kier alpha value is -4.27. The molecule has 1 amide bonds. The molecule has 1 heterocycles. The molecule has 3 N–H and O–H groups in total. The SMILES string of the molecule is O=C(O)COCCOCCOCCNC(=O)c1cccc(-c2cc(Nc3ccc(OC(F)(F)F)cc3)ncn2)c1. The second-order valence-electron chi connectivity index (χ2n) is 7.99. The summed E-state index contributed by atoms with van der Waals surface area (Å²) >= 11 is 0. The van der Waals surface area contributed by atoms with Crippen molar-refractivity contribution in [1.29, 1.82) is 0 Å². The van der Waals surface area contributed by atoms with Gasteiger partial charge < -0.3 is 34.7 Å². The monoisotopic (exact) mass is 564 g/mol. The van der Waals surface area contributed by atoms with E-state index in [1.807, 2.05) is 0 Å². The number of carbonyl (C=O) groups is 2. The van der Waals surface area contributed by atoms with Crippen LogP contribution < -0.4 is 15.4 Å². The molecule has 0 aliphatic heterocycles. The Bertz CT molecular complexity index is 1240. The van der Waals surface area contributed by atoms with E-state index in [-0.39, 0.29) is 44.6 Å². The van der Waals surface area contributed by atoms with Gasteiger partial charge in [0.1, 0.15) is 24.5 Å². The summed E-state index contributed by atoms with van der Waals surface area (Å²) in [6, 6.07) is 13.7. The molecule has 0 saturated carbocycles. The number of benzene rings is 2. The first-order valence-electron chi connectivity index (χ1n) is 12.0. The Morgan fingerprint density at radius 2 is 1.57 bits per heavy atom. The van der Waals surface area contributed by atoms with Gasteiger partial charge in [-0.15, -0.1) is 13.2 Å². The van der Waals surface area contributed by atoms with E-state index in [4.69, 9.17) is 19.3 Å². The highest BCUT2D eigenvalue weighted by molar-refractivity contribution is 5.95. The highest BCUT2D eigenvalue weighted by Crippen LogP contribution is 2.26. The lowest BCUT2D eigenvalue weighted by atomic mass is 10.1. The number of hydrogen-bond donors (Lipinski definition) is 3. The molecule has 0 spiro atoms. The number of aromatic nitrogens is 2. The van der Waals surface area contributed by atoms with E-state index in [2.05, 4.69) is 25.3 Å². The second-order valence-corrected chi connectivity index (χ2v) is 7.99. The molecule has 0 bridgehead atoms. The zero-order chi connectivity index (χ0) is 28.8. The van der Waals surface area contributed by atoms with Crippen molar-refractivity contribution in [3.63, 3.8) is 0 Å². The molecular weight excluding hydrogens is 537 g/mol. The van der Waals surface area contributed by atoms with E-state index in [0.717, 1.165) is 0 Å². The minimum absolute atomic E-state index is 0.173. The fourth-order valence-corrected chi connectivity index (χ4v) is 3.23. The summed E-state index contributed by atoms with van der Waals surface area (Å²) in [7, 11) is 0. The highest BCUT2D eigenvalue weighted by Gasteiger charge is 2.30. The van der Waals surface area contributed by atoms with Crippen molar-refractivity contribution in [2.45, 2.75) is 6.36 Å². The lowest BCUT2D eigenvalue weighted by Gasteiger charge is -2.11. The topological polar surface area (TPSA) is 141 Å². The van der Waals surface area contributed by atoms with Crippen molar-refractivity contribution in [1.82, 2.24) is 15.3 Å². The molecule has 40 heavy (non-hydrogen) atoms. The number of halogens is 3. The number of hydrogen-bond acceptors (Lipinski definition) is 9. The predicted molar refractivity (Wildman–Crippen MR) is 136 cm³/mol. The number of carboxylic acid groups (broad SMARTS) is 1. The quantitative estimate of drug-likeness (QED) is 0.221. The van der Waals surface area contributed by atoms with Crippen LogP contribution in [-0.4, -0.2) is 79.5 Å². The van der Waals surface area contributed by atoms with Crippen LogP contribution in [0.5, 0.6) is 5.75 Å². The Balaban J connectivity index is 1.44. The van der Waals surface area contributed by atoms with Gasteiger partial charge >= 0.3 is 12.3 Å². The smallest absolute Gasteiger partial charge is 0.480 e. The van der Waals surface area contributed by atoms with Gasteiger partial charge in [-0.25, -0.2) is 14.8 Å². The van der Waals surface area contributed by atoms with Gasteiger partial charge in [-0.1, -0.05) is 12.1 Å². The largest absolute Gasteiger partial charge is 0.573 e. The number of nitrogens with zero attached hydrogens (tertiary/aromatic N) is 2. The third-order valence-electron chi connectivity index (χ3n) is 4.95. The third-order valence-corrected chi connectivity index (χ3v) is 4.95. The van der Waals surface area contributed by atoms with E-state index < -0.39 is 12.3 Å². The standard InChI is InChI=1S/C26H27F3N4O7/c27-26(28,29)40-21-6-4-20(5-7-21)33-23-15-22(31-17-32-23)18-2-1-3-19(14-18)25(36)30-8-9-37-10-11-38-12-13-39-16-24(34)35/h1-7,14-15,17H,8-13,16H2,(H,30,36)(H,34,35)(H,31,32,33). The lowest BCUT2D eigenvalue weighted by Crippen LogP contribution is -2.27. The number of nitrogens with one attached hydrogen (secondary N) is 2. The van der Waals surface area contributed by atoms with Crippen LogP contribution in [0.25, 0.3) is 11.3 Å². The van der Waals surface area contributed by atoms with Crippen molar-refractivity contribution >= 4 is 23.4 Å². The fraction of sp³-hybridized carbons (Fsp3) is 0.308. The molecule has 3 aromatic rings. The van der Waals surface area contributed by atoms with E-state index in [9.17, 15) is 22.8 Å². The van der Waals surface area contributed by atoms with Crippen molar-refractivity contribution < 1.29 is 46.8 Å². The van der Waals surface area contributed by atoms with Gasteiger partial charge in [-0.05, 0) is 36.4 Å². The molecule has 0 unspecified atom stereocenters. The van der Waals surface area contributed by atoms with E-state index >= 15 is 0 Å². The Kier molecular flexibility index (Phi) is 11.6. The Morgan fingerprint density at radius 3 is 2.27 bits per heavy atom. The Morgan fingerprint density at radius 1 is 0.875 bits per heavy atom. The second kappa shape index (κ2) is 15.4. The number of amides is 1. The fourth-order valence-electron chi connectivity index (χ4n) is 3.23. The number of anilines is 2. The zero-order valence-corrected chi connectivity index (χ0v) is 21.1. The van der Waals surface area contributed by atoms with E-state index in [0.29, 0.717) is 41.5 Å². The summed E-state index contributed by atoms with van der Waals surface area (Å²) < 4.78 is 56.4. The minimum atomic E-state index is -4.77. The van der Waals surface area contributed by atoms with Crippen LogP contribution in [0.1, 0.15) is 10.4 Å². The van der Waals surface area contributed by atoms with Crippen molar-refractivity contribution in [2.75, 3.05) is 51.5 Å². The molecule has 0 aliphatic carbocycles. The van der Waals surface area contributed by atoms with Gasteiger partial charge in [0, 0.05) is 29.4 Å². The van der Waals surface area contributed by atoms with Gasteiger partial charge in [0.25, 0.3) is 5.91 Å². The molecule has 14 heteroatoms. The summed E-state index contributed by atoms with van der Waals surface area (Å²) in [5.41, 5.74) is 2.09. The van der Waals surface area contributed by atoms with Crippen LogP contribution in [0.2, 0.25) is 0 Å². The van der Waals surface area contributed by atoms with Gasteiger partial charge in [0.05, 0.1) is 38.7 Å². The third kappa shape index (κ3) is 11.2. The van der Waals surface area contributed by atoms with Crippen LogP contribution in [0, 0.1) is 0 Å². The van der Waals surface area contributed by atoms with Crippen molar-refractivity contribution in [3.05, 3.63) is 66.5 Å². The normalized spacial score (nSPS) is 11.2. The van der Waals surface area contributed by atoms with Crippen LogP contribution in [-0.2, 0) is 19.0 Å². The lowest BCUT2D eigenvalue weighted by molar-refractivity contribution is -0.274.